The normalized spacial score (nSPS) is 24.7. The van der Waals surface area contributed by atoms with Crippen LogP contribution in [0.25, 0.3) is 0 Å². The van der Waals surface area contributed by atoms with E-state index in [4.69, 9.17) is 5.73 Å². The Hall–Kier alpha value is -0.810. The van der Waals surface area contributed by atoms with Gasteiger partial charge in [-0.1, -0.05) is 38.5 Å². The predicted octanol–water partition coefficient (Wildman–Crippen LogP) is 2.13. The zero-order valence-corrected chi connectivity index (χ0v) is 14.8. The Morgan fingerprint density at radius 1 is 0.957 bits per heavy atom. The van der Waals surface area contributed by atoms with Gasteiger partial charge in [0, 0.05) is 12.5 Å². The van der Waals surface area contributed by atoms with Gasteiger partial charge in [0.05, 0.1) is 6.54 Å². The fourth-order valence-corrected chi connectivity index (χ4v) is 3.84. The molecule has 2 aliphatic carbocycles. The lowest BCUT2D eigenvalue weighted by Gasteiger charge is -2.31. The number of hydrogen-bond donors (Lipinski definition) is 3. The second-order valence-electron chi connectivity index (χ2n) is 6.92. The summed E-state index contributed by atoms with van der Waals surface area (Å²) >= 11 is 0. The van der Waals surface area contributed by atoms with Crippen molar-refractivity contribution in [3.05, 3.63) is 0 Å². The number of halogens is 1. The minimum atomic E-state index is -0.0837. The Bertz CT molecular complexity index is 373. The molecule has 0 aromatic heterocycles. The van der Waals surface area contributed by atoms with Crippen LogP contribution in [0.5, 0.6) is 0 Å². The summed E-state index contributed by atoms with van der Waals surface area (Å²) < 4.78 is 0. The largest absolute Gasteiger partial charge is 0.352 e. The topological polar surface area (TPSA) is 84.2 Å². The van der Waals surface area contributed by atoms with Crippen LogP contribution in [0, 0.1) is 11.8 Å². The molecule has 0 radical (unpaired) electrons. The Balaban J connectivity index is 0.00000264. The molecule has 23 heavy (non-hydrogen) atoms. The SMILES string of the molecule is Cl.NCC1CCCCC1NC(=O)CNC(=O)CCC1CCCC1. The molecule has 0 aromatic rings. The second-order valence-corrected chi connectivity index (χ2v) is 6.92. The molecule has 0 heterocycles. The van der Waals surface area contributed by atoms with Gasteiger partial charge in [0.15, 0.2) is 0 Å². The lowest BCUT2D eigenvalue weighted by Crippen LogP contribution is -2.48. The molecule has 0 saturated heterocycles. The van der Waals surface area contributed by atoms with Crippen molar-refractivity contribution in [1.82, 2.24) is 10.6 Å². The lowest BCUT2D eigenvalue weighted by atomic mass is 9.84. The van der Waals surface area contributed by atoms with Crippen molar-refractivity contribution in [2.24, 2.45) is 17.6 Å². The van der Waals surface area contributed by atoms with Gasteiger partial charge in [-0.15, -0.1) is 12.4 Å². The van der Waals surface area contributed by atoms with Crippen molar-refractivity contribution in [3.8, 4) is 0 Å². The highest BCUT2D eigenvalue weighted by atomic mass is 35.5. The van der Waals surface area contributed by atoms with Crippen LogP contribution < -0.4 is 16.4 Å². The highest BCUT2D eigenvalue weighted by Gasteiger charge is 2.25. The molecule has 2 atom stereocenters. The third-order valence-electron chi connectivity index (χ3n) is 5.26. The van der Waals surface area contributed by atoms with Crippen LogP contribution >= 0.6 is 12.4 Å². The first-order valence-corrected chi connectivity index (χ1v) is 8.95. The Morgan fingerprint density at radius 2 is 1.61 bits per heavy atom. The molecule has 2 unspecified atom stereocenters. The molecule has 134 valence electrons. The van der Waals surface area contributed by atoms with Gasteiger partial charge in [-0.3, -0.25) is 9.59 Å². The first kappa shape index (κ1) is 20.2. The molecular weight excluding hydrogens is 314 g/mol. The molecule has 6 heteroatoms. The Labute approximate surface area is 145 Å². The van der Waals surface area contributed by atoms with Crippen molar-refractivity contribution >= 4 is 24.2 Å². The number of carbonyl (C=O) groups is 2. The maximum Gasteiger partial charge on any atom is 0.239 e. The lowest BCUT2D eigenvalue weighted by molar-refractivity contribution is -0.126. The van der Waals surface area contributed by atoms with Gasteiger partial charge in [-0.25, -0.2) is 0 Å². The maximum atomic E-state index is 12.0. The fraction of sp³-hybridized carbons (Fsp3) is 0.882. The molecule has 2 aliphatic rings. The zero-order chi connectivity index (χ0) is 15.8. The standard InChI is InChI=1S/C17H31N3O2.ClH/c18-11-14-7-3-4-8-15(14)20-17(22)12-19-16(21)10-9-13-5-1-2-6-13;/h13-15H,1-12,18H2,(H,19,21)(H,20,22);1H. The van der Waals surface area contributed by atoms with E-state index in [0.717, 1.165) is 25.7 Å². The summed E-state index contributed by atoms with van der Waals surface area (Å²) in [6.07, 6.45) is 11.1. The molecule has 0 bridgehead atoms. The van der Waals surface area contributed by atoms with Crippen molar-refractivity contribution in [1.29, 1.82) is 0 Å². The molecule has 5 nitrogen and oxygen atoms in total. The molecule has 0 aliphatic heterocycles. The number of nitrogens with two attached hydrogens (primary N) is 1. The highest BCUT2D eigenvalue weighted by molar-refractivity contribution is 5.85. The number of nitrogens with one attached hydrogen (secondary N) is 2. The molecular formula is C17H32ClN3O2. The first-order valence-electron chi connectivity index (χ1n) is 8.95. The van der Waals surface area contributed by atoms with Gasteiger partial charge in [0.2, 0.25) is 11.8 Å². The van der Waals surface area contributed by atoms with E-state index in [1.54, 1.807) is 0 Å². The Kier molecular flexibility index (Phi) is 9.56. The van der Waals surface area contributed by atoms with Crippen LogP contribution in [0.15, 0.2) is 0 Å². The summed E-state index contributed by atoms with van der Waals surface area (Å²) in [6.45, 7) is 0.718. The third-order valence-corrected chi connectivity index (χ3v) is 5.26. The third kappa shape index (κ3) is 7.08. The number of carbonyl (C=O) groups excluding carboxylic acids is 2. The number of rotatable bonds is 7. The van der Waals surface area contributed by atoms with Gasteiger partial charge in [0.1, 0.15) is 0 Å². The van der Waals surface area contributed by atoms with Crippen molar-refractivity contribution < 1.29 is 9.59 Å². The molecule has 4 N–H and O–H groups in total. The minimum absolute atomic E-state index is 0. The van der Waals surface area contributed by atoms with Crippen LogP contribution in [0.3, 0.4) is 0 Å². The van der Waals surface area contributed by atoms with E-state index >= 15 is 0 Å². The van der Waals surface area contributed by atoms with Crippen LogP contribution in [0.1, 0.15) is 64.2 Å². The fourth-order valence-electron chi connectivity index (χ4n) is 3.84. The van der Waals surface area contributed by atoms with Crippen LogP contribution in [-0.2, 0) is 9.59 Å². The summed E-state index contributed by atoms with van der Waals surface area (Å²) in [5.41, 5.74) is 5.77. The maximum absolute atomic E-state index is 12.0. The molecule has 0 aromatic carbocycles. The van der Waals surface area contributed by atoms with E-state index < -0.39 is 0 Å². The van der Waals surface area contributed by atoms with Crippen molar-refractivity contribution in [2.45, 2.75) is 70.3 Å². The molecule has 0 spiro atoms. The van der Waals surface area contributed by atoms with Gasteiger partial charge in [-0.05, 0) is 37.6 Å². The van der Waals surface area contributed by atoms with E-state index in [-0.39, 0.29) is 36.8 Å². The minimum Gasteiger partial charge on any atom is -0.352 e. The van der Waals surface area contributed by atoms with Crippen molar-refractivity contribution in [3.63, 3.8) is 0 Å². The van der Waals surface area contributed by atoms with Gasteiger partial charge in [0.25, 0.3) is 0 Å². The molecule has 2 fully saturated rings. The Morgan fingerprint density at radius 3 is 2.30 bits per heavy atom. The van der Waals surface area contributed by atoms with Gasteiger partial charge < -0.3 is 16.4 Å². The smallest absolute Gasteiger partial charge is 0.239 e. The summed E-state index contributed by atoms with van der Waals surface area (Å²) in [7, 11) is 0. The molecule has 2 amide bonds. The average Bonchev–Trinajstić information content (AvgIpc) is 3.05. The van der Waals surface area contributed by atoms with Crippen molar-refractivity contribution in [2.75, 3.05) is 13.1 Å². The summed E-state index contributed by atoms with van der Waals surface area (Å²) in [5.74, 6) is 1.02. The average molecular weight is 346 g/mol. The van der Waals surface area contributed by atoms with Crippen LogP contribution in [-0.4, -0.2) is 30.9 Å². The monoisotopic (exact) mass is 345 g/mol. The first-order chi connectivity index (χ1) is 10.7. The zero-order valence-electron chi connectivity index (χ0n) is 14.0. The van der Waals surface area contributed by atoms with E-state index in [1.807, 2.05) is 0 Å². The quantitative estimate of drug-likeness (QED) is 0.660. The van der Waals surface area contributed by atoms with E-state index in [2.05, 4.69) is 10.6 Å². The van der Waals surface area contributed by atoms with Crippen LogP contribution in [0.2, 0.25) is 0 Å². The van der Waals surface area contributed by atoms with Gasteiger partial charge >= 0.3 is 0 Å². The molecule has 2 saturated carbocycles. The van der Waals surface area contributed by atoms with Crippen LogP contribution in [0.4, 0.5) is 0 Å². The van der Waals surface area contributed by atoms with E-state index in [1.165, 1.54) is 32.1 Å². The highest BCUT2D eigenvalue weighted by Crippen LogP contribution is 2.28. The number of amides is 2. The summed E-state index contributed by atoms with van der Waals surface area (Å²) in [6, 6.07) is 0.182. The summed E-state index contributed by atoms with van der Waals surface area (Å²) in [5, 5.41) is 5.79. The van der Waals surface area contributed by atoms with Gasteiger partial charge in [-0.2, -0.15) is 0 Å². The van der Waals surface area contributed by atoms with E-state index in [9.17, 15) is 9.59 Å². The summed E-state index contributed by atoms with van der Waals surface area (Å²) in [4.78, 5) is 23.8. The second kappa shape index (κ2) is 10.9. The molecule has 2 rings (SSSR count). The predicted molar refractivity (Wildman–Crippen MR) is 94.4 cm³/mol. The van der Waals surface area contributed by atoms with E-state index in [0.29, 0.717) is 24.8 Å². The number of hydrogen-bond acceptors (Lipinski definition) is 3.